The van der Waals surface area contributed by atoms with E-state index in [0.29, 0.717) is 0 Å². The molecule has 0 bridgehead atoms. The Morgan fingerprint density at radius 1 is 1.12 bits per heavy atom. The molecule has 4 rings (SSSR count). The van der Waals surface area contributed by atoms with Crippen molar-refractivity contribution in [3.63, 3.8) is 0 Å². The van der Waals surface area contributed by atoms with Gasteiger partial charge in [-0.2, -0.15) is 0 Å². The molecular weight excluding hydrogens is 330 g/mol. The molecule has 0 radical (unpaired) electrons. The molecule has 1 atom stereocenters. The summed E-state index contributed by atoms with van der Waals surface area (Å²) in [5.41, 5.74) is 2.89. The predicted octanol–water partition coefficient (Wildman–Crippen LogP) is 2.62. The van der Waals surface area contributed by atoms with E-state index in [1.807, 2.05) is 44.6 Å². The van der Waals surface area contributed by atoms with Crippen molar-refractivity contribution in [1.29, 1.82) is 0 Å². The Morgan fingerprint density at radius 3 is 2.65 bits per heavy atom. The maximum absolute atomic E-state index is 5.53. The lowest BCUT2D eigenvalue weighted by molar-refractivity contribution is 0.0115. The van der Waals surface area contributed by atoms with Crippen LogP contribution >= 0.6 is 0 Å². The van der Waals surface area contributed by atoms with E-state index in [4.69, 9.17) is 9.26 Å². The molecule has 1 saturated heterocycles. The maximum atomic E-state index is 5.53. The van der Waals surface area contributed by atoms with E-state index < -0.39 is 0 Å². The Kier molecular flexibility index (Phi) is 4.81. The normalized spacial score (nSPS) is 16.7. The first kappa shape index (κ1) is 16.9. The molecule has 1 fully saturated rings. The monoisotopic (exact) mass is 353 g/mol. The Labute approximate surface area is 152 Å². The number of rotatable bonds is 5. The second kappa shape index (κ2) is 7.39. The minimum Gasteiger partial charge on any atom is -0.379 e. The summed E-state index contributed by atoms with van der Waals surface area (Å²) in [7, 11) is 0. The number of aromatic nitrogens is 4. The van der Waals surface area contributed by atoms with E-state index in [0.717, 1.165) is 61.4 Å². The van der Waals surface area contributed by atoms with Gasteiger partial charge in [-0.05, 0) is 26.0 Å². The molecule has 136 valence electrons. The average Bonchev–Trinajstić information content (AvgIpc) is 3.26. The summed E-state index contributed by atoms with van der Waals surface area (Å²) in [6.07, 6.45) is 5.69. The van der Waals surface area contributed by atoms with Crippen molar-refractivity contribution in [2.24, 2.45) is 0 Å². The summed E-state index contributed by atoms with van der Waals surface area (Å²) in [6.45, 7) is 7.94. The Balaban J connectivity index is 1.68. The summed E-state index contributed by atoms with van der Waals surface area (Å²) < 4.78 is 13.0. The quantitative estimate of drug-likeness (QED) is 0.702. The van der Waals surface area contributed by atoms with Crippen LogP contribution in [0.2, 0.25) is 0 Å². The lowest BCUT2D eigenvalue weighted by atomic mass is 10.1. The largest absolute Gasteiger partial charge is 0.379 e. The van der Waals surface area contributed by atoms with Crippen LogP contribution in [0.3, 0.4) is 0 Å². The average molecular weight is 353 g/mol. The molecule has 0 saturated carbocycles. The van der Waals surface area contributed by atoms with Crippen LogP contribution in [0, 0.1) is 13.8 Å². The smallest absolute Gasteiger partial charge is 0.145 e. The number of imidazole rings is 1. The van der Waals surface area contributed by atoms with Gasteiger partial charge in [-0.25, -0.2) is 4.98 Å². The molecule has 0 spiro atoms. The molecule has 0 N–H and O–H groups in total. The fourth-order valence-electron chi connectivity index (χ4n) is 3.53. The zero-order valence-corrected chi connectivity index (χ0v) is 15.1. The van der Waals surface area contributed by atoms with Crippen LogP contribution in [-0.4, -0.2) is 50.9 Å². The second-order valence-electron chi connectivity index (χ2n) is 6.52. The number of nitrogens with zero attached hydrogens (tertiary/aromatic N) is 5. The van der Waals surface area contributed by atoms with Gasteiger partial charge in [-0.1, -0.05) is 11.2 Å². The van der Waals surface area contributed by atoms with Crippen LogP contribution in [0.5, 0.6) is 0 Å². The first-order chi connectivity index (χ1) is 12.7. The third-order valence-electron chi connectivity index (χ3n) is 4.86. The number of hydrogen-bond donors (Lipinski definition) is 0. The third-order valence-corrected chi connectivity index (χ3v) is 4.86. The van der Waals surface area contributed by atoms with Crippen molar-refractivity contribution in [1.82, 2.24) is 24.6 Å². The fraction of sp³-hybridized carbons (Fsp3) is 0.421. The van der Waals surface area contributed by atoms with E-state index in [1.54, 1.807) is 0 Å². The minimum absolute atomic E-state index is 0.161. The molecule has 1 aliphatic heterocycles. The van der Waals surface area contributed by atoms with Gasteiger partial charge in [-0.15, -0.1) is 0 Å². The van der Waals surface area contributed by atoms with Gasteiger partial charge in [0.15, 0.2) is 0 Å². The van der Waals surface area contributed by atoms with Crippen LogP contribution in [0.4, 0.5) is 0 Å². The van der Waals surface area contributed by atoms with Gasteiger partial charge in [0.2, 0.25) is 0 Å². The molecule has 3 aromatic heterocycles. The molecule has 1 aliphatic rings. The van der Waals surface area contributed by atoms with E-state index in [1.165, 1.54) is 0 Å². The first-order valence-corrected chi connectivity index (χ1v) is 8.91. The van der Waals surface area contributed by atoms with Gasteiger partial charge in [0.1, 0.15) is 11.6 Å². The van der Waals surface area contributed by atoms with Gasteiger partial charge in [-0.3, -0.25) is 9.88 Å². The van der Waals surface area contributed by atoms with Crippen LogP contribution in [0.25, 0.3) is 11.4 Å². The predicted molar refractivity (Wildman–Crippen MR) is 96.6 cm³/mol. The summed E-state index contributed by atoms with van der Waals surface area (Å²) in [6, 6.07) is 6.24. The fourth-order valence-corrected chi connectivity index (χ4v) is 3.53. The lowest BCUT2D eigenvalue weighted by Gasteiger charge is -2.34. The van der Waals surface area contributed by atoms with Gasteiger partial charge in [0, 0.05) is 38.2 Å². The molecule has 7 heteroatoms. The highest BCUT2D eigenvalue weighted by Crippen LogP contribution is 2.28. The number of hydrogen-bond acceptors (Lipinski definition) is 6. The Morgan fingerprint density at radius 2 is 1.96 bits per heavy atom. The highest BCUT2D eigenvalue weighted by molar-refractivity contribution is 5.60. The van der Waals surface area contributed by atoms with Crippen LogP contribution in [0.15, 0.2) is 41.3 Å². The van der Waals surface area contributed by atoms with Crippen molar-refractivity contribution in [2.45, 2.75) is 26.4 Å². The summed E-state index contributed by atoms with van der Waals surface area (Å²) in [5, 5.41) is 4.07. The number of pyridine rings is 1. The van der Waals surface area contributed by atoms with E-state index in [-0.39, 0.29) is 6.04 Å². The molecule has 0 aliphatic carbocycles. The molecule has 0 unspecified atom stereocenters. The zero-order valence-electron chi connectivity index (χ0n) is 15.1. The maximum Gasteiger partial charge on any atom is 0.145 e. The standard InChI is InChI=1S/C19H23N5O2/c1-14-18(15(2)26-22-14)19-21-7-8-24(19)13-17(16-5-3-4-6-20-16)23-9-11-25-12-10-23/h3-8,17H,9-13H2,1-2H3/t17-/m1/s1. The minimum atomic E-state index is 0.161. The number of ether oxygens (including phenoxy) is 1. The van der Waals surface area contributed by atoms with Gasteiger partial charge in [0.25, 0.3) is 0 Å². The third kappa shape index (κ3) is 3.27. The van der Waals surface area contributed by atoms with Crippen LogP contribution in [0.1, 0.15) is 23.2 Å². The molecule has 26 heavy (non-hydrogen) atoms. The molecule has 7 nitrogen and oxygen atoms in total. The van der Waals surface area contributed by atoms with E-state index in [9.17, 15) is 0 Å². The van der Waals surface area contributed by atoms with Crippen molar-refractivity contribution in [3.05, 3.63) is 53.9 Å². The SMILES string of the molecule is Cc1noc(C)c1-c1nccn1C[C@H](c1ccccn1)N1CCOCC1. The van der Waals surface area contributed by atoms with Crippen molar-refractivity contribution in [3.8, 4) is 11.4 Å². The number of morpholine rings is 1. The van der Waals surface area contributed by atoms with Crippen LogP contribution < -0.4 is 0 Å². The highest BCUT2D eigenvalue weighted by atomic mass is 16.5. The summed E-state index contributed by atoms with van der Waals surface area (Å²) >= 11 is 0. The molecule has 0 aromatic carbocycles. The van der Waals surface area contributed by atoms with Crippen LogP contribution in [-0.2, 0) is 11.3 Å². The summed E-state index contributed by atoms with van der Waals surface area (Å²) in [4.78, 5) is 11.6. The second-order valence-corrected chi connectivity index (χ2v) is 6.52. The topological polar surface area (TPSA) is 69.2 Å². The molecule has 3 aromatic rings. The van der Waals surface area contributed by atoms with Gasteiger partial charge < -0.3 is 13.8 Å². The number of aryl methyl sites for hydroxylation is 2. The van der Waals surface area contributed by atoms with Crippen molar-refractivity contribution < 1.29 is 9.26 Å². The first-order valence-electron chi connectivity index (χ1n) is 8.91. The van der Waals surface area contributed by atoms with E-state index in [2.05, 4.69) is 30.7 Å². The Bertz CT molecular complexity index is 832. The summed E-state index contributed by atoms with van der Waals surface area (Å²) in [5.74, 6) is 1.67. The highest BCUT2D eigenvalue weighted by Gasteiger charge is 2.26. The molecule has 0 amide bonds. The lowest BCUT2D eigenvalue weighted by Crippen LogP contribution is -2.41. The molecule has 4 heterocycles. The zero-order chi connectivity index (χ0) is 17.9. The van der Waals surface area contributed by atoms with Crippen molar-refractivity contribution >= 4 is 0 Å². The van der Waals surface area contributed by atoms with Crippen molar-refractivity contribution in [2.75, 3.05) is 26.3 Å². The molecular formula is C19H23N5O2. The van der Waals surface area contributed by atoms with Gasteiger partial charge in [0.05, 0.1) is 36.2 Å². The van der Waals surface area contributed by atoms with E-state index >= 15 is 0 Å². The van der Waals surface area contributed by atoms with Gasteiger partial charge >= 0.3 is 0 Å². The Hall–Kier alpha value is -2.51.